The second-order valence-corrected chi connectivity index (χ2v) is 9.24. The van der Waals surface area contributed by atoms with E-state index in [4.69, 9.17) is 5.73 Å². The number of benzene rings is 1. The van der Waals surface area contributed by atoms with E-state index in [0.717, 1.165) is 41.0 Å². The first kappa shape index (κ1) is 25.1. The molecule has 1 aliphatic carbocycles. The largest absolute Gasteiger partial charge is 0.404 e. The van der Waals surface area contributed by atoms with Crippen molar-refractivity contribution in [3.8, 4) is 6.07 Å². The van der Waals surface area contributed by atoms with Crippen LogP contribution in [0.2, 0.25) is 0 Å². The zero-order chi connectivity index (χ0) is 25.5. The molecule has 0 bridgehead atoms. The molecule has 186 valence electrons. The highest BCUT2D eigenvalue weighted by Crippen LogP contribution is 2.28. The molecule has 1 amide bonds. The van der Waals surface area contributed by atoms with Gasteiger partial charge in [0.05, 0.1) is 12.5 Å². The van der Waals surface area contributed by atoms with Crippen molar-refractivity contribution in [3.63, 3.8) is 0 Å². The molecule has 2 heterocycles. The Morgan fingerprint density at radius 2 is 2.11 bits per heavy atom. The Kier molecular flexibility index (Phi) is 8.06. The van der Waals surface area contributed by atoms with Crippen LogP contribution < -0.4 is 26.8 Å². The molecule has 2 unspecified atom stereocenters. The van der Waals surface area contributed by atoms with Crippen molar-refractivity contribution in [2.45, 2.75) is 43.9 Å². The summed E-state index contributed by atoms with van der Waals surface area (Å²) in [5.41, 5.74) is 9.45. The molecule has 4 N–H and O–H groups in total. The molecule has 2 aliphatic heterocycles. The average Bonchev–Trinajstić information content (AvgIpc) is 2.89. The Balaban J connectivity index is 1.48. The van der Waals surface area contributed by atoms with Gasteiger partial charge in [-0.2, -0.15) is 5.26 Å². The van der Waals surface area contributed by atoms with Gasteiger partial charge in [-0.3, -0.25) is 4.79 Å². The minimum absolute atomic E-state index is 0.0183. The fourth-order valence-electron chi connectivity index (χ4n) is 4.91. The monoisotopic (exact) mass is 485 g/mol. The summed E-state index contributed by atoms with van der Waals surface area (Å²) in [6.45, 7) is 5.13. The highest BCUT2D eigenvalue weighted by molar-refractivity contribution is 5.79. The number of nitriles is 1. The summed E-state index contributed by atoms with van der Waals surface area (Å²) in [6, 6.07) is 6.64. The number of likely N-dealkylation sites (tertiary alicyclic amines) is 1. The van der Waals surface area contributed by atoms with Crippen LogP contribution in [0.15, 0.2) is 72.5 Å². The molecule has 0 radical (unpaired) electrons. The standard InChI is InChI=1S/C29H32FN5O/c1-2-4-23-16-24(22-6-3-5-21(13-22)18-31)17-27(26(23)19-32)34-25-8-11-35(12-9-25)29(36)15-20-7-10-33-28(30)14-20/h2-5,7,10,13-14,16-17,19,22,25,28,33-34H,1,6,8-9,11-12,15,32H2/b23-4-,26-19+. The third-order valence-corrected chi connectivity index (χ3v) is 6.80. The quantitative estimate of drug-likeness (QED) is 0.539. The number of nitrogens with two attached hydrogens (primary N) is 1. The SMILES string of the molecule is C=C/C=c1/cc(C2C=C(C#N)C=CC2)cc(NC2CCN(C(=O)CC3=CC(F)NC=C3)CC2)/c1=C/N. The summed E-state index contributed by atoms with van der Waals surface area (Å²) in [6.07, 6.45) is 17.3. The highest BCUT2D eigenvalue weighted by atomic mass is 19.1. The first-order valence-electron chi connectivity index (χ1n) is 12.3. The molecule has 0 spiro atoms. The predicted molar refractivity (Wildman–Crippen MR) is 142 cm³/mol. The van der Waals surface area contributed by atoms with Crippen LogP contribution >= 0.6 is 0 Å². The number of alkyl halides is 1. The van der Waals surface area contributed by atoms with E-state index in [2.05, 4.69) is 35.4 Å². The van der Waals surface area contributed by atoms with Gasteiger partial charge in [0.2, 0.25) is 5.91 Å². The molecule has 36 heavy (non-hydrogen) atoms. The summed E-state index contributed by atoms with van der Waals surface area (Å²) in [5.74, 6) is 0.125. The van der Waals surface area contributed by atoms with Crippen LogP contribution in [-0.2, 0) is 4.79 Å². The average molecular weight is 486 g/mol. The van der Waals surface area contributed by atoms with Crippen molar-refractivity contribution in [1.82, 2.24) is 10.2 Å². The molecule has 1 aromatic carbocycles. The van der Waals surface area contributed by atoms with Gasteiger partial charge in [-0.05, 0) is 66.1 Å². The zero-order valence-corrected chi connectivity index (χ0v) is 20.3. The first-order chi connectivity index (χ1) is 17.5. The summed E-state index contributed by atoms with van der Waals surface area (Å²) in [4.78, 5) is 14.6. The molecule has 7 heteroatoms. The van der Waals surface area contributed by atoms with Gasteiger partial charge in [0.25, 0.3) is 0 Å². The molecular formula is C29H32FN5O. The Labute approximate surface area is 211 Å². The number of nitrogens with zero attached hydrogens (tertiary/aromatic N) is 2. The predicted octanol–water partition coefficient (Wildman–Crippen LogP) is 2.98. The van der Waals surface area contributed by atoms with Crippen LogP contribution in [0.4, 0.5) is 10.1 Å². The van der Waals surface area contributed by atoms with Crippen LogP contribution in [0.1, 0.15) is 37.2 Å². The lowest BCUT2D eigenvalue weighted by atomic mass is 9.88. The third kappa shape index (κ3) is 5.95. The van der Waals surface area contributed by atoms with E-state index in [1.54, 1.807) is 24.6 Å². The van der Waals surface area contributed by atoms with Crippen LogP contribution in [0.25, 0.3) is 12.3 Å². The molecular weight excluding hydrogens is 453 g/mol. The van der Waals surface area contributed by atoms with Crippen molar-refractivity contribution in [3.05, 3.63) is 88.5 Å². The number of piperidine rings is 1. The van der Waals surface area contributed by atoms with E-state index in [1.807, 2.05) is 29.2 Å². The smallest absolute Gasteiger partial charge is 0.226 e. The Hall–Kier alpha value is -4.05. The topological polar surface area (TPSA) is 94.2 Å². The maximum atomic E-state index is 13.5. The number of carbonyl (C=O) groups excluding carboxylic acids is 1. The molecule has 3 aliphatic rings. The van der Waals surface area contributed by atoms with Crippen LogP contribution in [0.3, 0.4) is 0 Å². The minimum atomic E-state index is -1.24. The van der Waals surface area contributed by atoms with Crippen LogP contribution in [0, 0.1) is 11.3 Å². The van der Waals surface area contributed by atoms with E-state index < -0.39 is 6.30 Å². The number of dihydropyridines is 1. The lowest BCUT2D eigenvalue weighted by molar-refractivity contribution is -0.131. The zero-order valence-electron chi connectivity index (χ0n) is 20.3. The van der Waals surface area contributed by atoms with Crippen molar-refractivity contribution < 1.29 is 9.18 Å². The maximum absolute atomic E-state index is 13.5. The molecule has 0 saturated carbocycles. The third-order valence-electron chi connectivity index (χ3n) is 6.80. The number of nitrogens with one attached hydrogen (secondary N) is 2. The summed E-state index contributed by atoms with van der Waals surface area (Å²) < 4.78 is 13.5. The molecule has 1 saturated heterocycles. The van der Waals surface area contributed by atoms with E-state index in [0.29, 0.717) is 24.2 Å². The Bertz CT molecular complexity index is 1290. The first-order valence-corrected chi connectivity index (χ1v) is 12.3. The Morgan fingerprint density at radius 3 is 2.81 bits per heavy atom. The number of hydrogen-bond donors (Lipinski definition) is 3. The van der Waals surface area contributed by atoms with Gasteiger partial charge in [-0.25, -0.2) is 4.39 Å². The van der Waals surface area contributed by atoms with Crippen LogP contribution in [0.5, 0.6) is 0 Å². The van der Waals surface area contributed by atoms with E-state index in [1.165, 1.54) is 6.08 Å². The molecule has 0 aromatic heterocycles. The van der Waals surface area contributed by atoms with Crippen LogP contribution in [-0.4, -0.2) is 36.2 Å². The minimum Gasteiger partial charge on any atom is -0.404 e. The number of halogens is 1. The number of anilines is 1. The van der Waals surface area contributed by atoms with Crippen molar-refractivity contribution in [1.29, 1.82) is 5.26 Å². The number of amides is 1. The van der Waals surface area contributed by atoms with Gasteiger partial charge in [0, 0.05) is 47.7 Å². The number of allylic oxidation sites excluding steroid dienone is 6. The molecule has 6 nitrogen and oxygen atoms in total. The lowest BCUT2D eigenvalue weighted by Crippen LogP contribution is -2.43. The van der Waals surface area contributed by atoms with Gasteiger partial charge in [-0.1, -0.05) is 36.9 Å². The normalized spacial score (nSPS) is 22.9. The van der Waals surface area contributed by atoms with Crippen molar-refractivity contribution in [2.24, 2.45) is 5.73 Å². The van der Waals surface area contributed by atoms with E-state index in [9.17, 15) is 14.4 Å². The maximum Gasteiger partial charge on any atom is 0.226 e. The molecule has 1 fully saturated rings. The summed E-state index contributed by atoms with van der Waals surface area (Å²) >= 11 is 0. The van der Waals surface area contributed by atoms with E-state index >= 15 is 0 Å². The number of rotatable bonds is 6. The second-order valence-electron chi connectivity index (χ2n) is 9.24. The molecule has 4 rings (SSSR count). The van der Waals surface area contributed by atoms with Gasteiger partial charge >= 0.3 is 0 Å². The van der Waals surface area contributed by atoms with E-state index in [-0.39, 0.29) is 24.3 Å². The highest BCUT2D eigenvalue weighted by Gasteiger charge is 2.24. The van der Waals surface area contributed by atoms with Crippen molar-refractivity contribution >= 4 is 23.9 Å². The second kappa shape index (κ2) is 11.6. The van der Waals surface area contributed by atoms with Gasteiger partial charge in [-0.15, -0.1) is 0 Å². The van der Waals surface area contributed by atoms with Crippen molar-refractivity contribution in [2.75, 3.05) is 18.4 Å². The summed E-state index contributed by atoms with van der Waals surface area (Å²) in [7, 11) is 0. The lowest BCUT2D eigenvalue weighted by Gasteiger charge is -2.33. The fraction of sp³-hybridized carbons (Fsp3) is 0.310. The number of hydrogen-bond acceptors (Lipinski definition) is 5. The Morgan fingerprint density at radius 1 is 1.31 bits per heavy atom. The molecule has 1 aromatic rings. The molecule has 2 atom stereocenters. The van der Waals surface area contributed by atoms with Gasteiger partial charge in [0.15, 0.2) is 6.30 Å². The number of carbonyl (C=O) groups is 1. The van der Waals surface area contributed by atoms with Gasteiger partial charge in [0.1, 0.15) is 0 Å². The summed E-state index contributed by atoms with van der Waals surface area (Å²) in [5, 5.41) is 17.4. The fourth-order valence-corrected chi connectivity index (χ4v) is 4.91. The van der Waals surface area contributed by atoms with Gasteiger partial charge < -0.3 is 21.3 Å².